The molecule has 4 heteroatoms. The zero-order valence-electron chi connectivity index (χ0n) is 11.0. The highest BCUT2D eigenvalue weighted by Crippen LogP contribution is 2.40. The van der Waals surface area contributed by atoms with Crippen molar-refractivity contribution < 1.29 is 0 Å². The van der Waals surface area contributed by atoms with Crippen LogP contribution >= 0.6 is 23.4 Å². The molecule has 1 aliphatic carbocycles. The Bertz CT molecular complexity index is 606. The van der Waals surface area contributed by atoms with Gasteiger partial charge in [0.15, 0.2) is 0 Å². The van der Waals surface area contributed by atoms with Crippen LogP contribution in [0.1, 0.15) is 35.7 Å². The van der Waals surface area contributed by atoms with Crippen LogP contribution in [0.3, 0.4) is 0 Å². The van der Waals surface area contributed by atoms with E-state index >= 15 is 0 Å². The van der Waals surface area contributed by atoms with Gasteiger partial charge >= 0.3 is 0 Å². The minimum absolute atomic E-state index is 0.524. The molecule has 19 heavy (non-hydrogen) atoms. The number of benzene rings is 1. The molecule has 0 aliphatic heterocycles. The van der Waals surface area contributed by atoms with Gasteiger partial charge in [0.25, 0.3) is 0 Å². The van der Waals surface area contributed by atoms with Crippen LogP contribution in [0, 0.1) is 13.8 Å². The lowest BCUT2D eigenvalue weighted by molar-refractivity contribution is 0.862. The van der Waals surface area contributed by atoms with Crippen molar-refractivity contribution in [3.63, 3.8) is 0 Å². The van der Waals surface area contributed by atoms with Gasteiger partial charge in [0.1, 0.15) is 16.0 Å². The first kappa shape index (κ1) is 12.9. The average molecular weight is 291 g/mol. The fraction of sp³-hybridized carbons (Fsp3) is 0.333. The van der Waals surface area contributed by atoms with E-state index in [1.807, 2.05) is 6.92 Å². The van der Waals surface area contributed by atoms with E-state index in [0.717, 1.165) is 16.4 Å². The molecule has 1 aromatic carbocycles. The average Bonchev–Trinajstić information content (AvgIpc) is 3.21. The van der Waals surface area contributed by atoms with E-state index in [9.17, 15) is 0 Å². The van der Waals surface area contributed by atoms with E-state index in [2.05, 4.69) is 41.2 Å². The molecule has 0 amide bonds. The molecule has 0 radical (unpaired) electrons. The van der Waals surface area contributed by atoms with Crippen LogP contribution in [0.15, 0.2) is 34.2 Å². The van der Waals surface area contributed by atoms with Crippen molar-refractivity contribution in [3.8, 4) is 0 Å². The van der Waals surface area contributed by atoms with Crippen molar-refractivity contribution in [2.45, 2.75) is 42.5 Å². The lowest BCUT2D eigenvalue weighted by Crippen LogP contribution is -1.98. The Balaban J connectivity index is 1.92. The molecule has 0 bridgehead atoms. The van der Waals surface area contributed by atoms with Gasteiger partial charge in [0.05, 0.1) is 0 Å². The van der Waals surface area contributed by atoms with Gasteiger partial charge in [-0.25, -0.2) is 9.97 Å². The zero-order valence-corrected chi connectivity index (χ0v) is 12.6. The summed E-state index contributed by atoms with van der Waals surface area (Å²) in [5.74, 6) is 1.43. The molecule has 1 fully saturated rings. The topological polar surface area (TPSA) is 25.8 Å². The van der Waals surface area contributed by atoms with Crippen LogP contribution in [0.5, 0.6) is 0 Å². The Morgan fingerprint density at radius 2 is 1.79 bits per heavy atom. The first-order valence-corrected chi connectivity index (χ1v) is 7.61. The zero-order chi connectivity index (χ0) is 13.4. The standard InChI is InChI=1S/C15H15ClN2S/c1-9-3-7-12(8-4-9)19-15-10(2)13(16)17-14(18-15)11-5-6-11/h3-4,7-8,11H,5-6H2,1-2H3. The monoisotopic (exact) mass is 290 g/mol. The van der Waals surface area contributed by atoms with Crippen molar-refractivity contribution in [1.29, 1.82) is 0 Å². The van der Waals surface area contributed by atoms with Crippen LogP contribution < -0.4 is 0 Å². The molecule has 98 valence electrons. The van der Waals surface area contributed by atoms with Gasteiger partial charge in [-0.15, -0.1) is 0 Å². The lowest BCUT2D eigenvalue weighted by atomic mass is 10.2. The predicted molar refractivity (Wildman–Crippen MR) is 79.1 cm³/mol. The molecule has 1 aliphatic rings. The Hall–Kier alpha value is -1.06. The lowest BCUT2D eigenvalue weighted by Gasteiger charge is -2.08. The highest BCUT2D eigenvalue weighted by molar-refractivity contribution is 7.99. The summed E-state index contributed by atoms with van der Waals surface area (Å²) in [7, 11) is 0. The van der Waals surface area contributed by atoms with Gasteiger partial charge in [-0.2, -0.15) is 0 Å². The van der Waals surface area contributed by atoms with E-state index in [1.165, 1.54) is 23.3 Å². The Labute approximate surface area is 122 Å². The highest BCUT2D eigenvalue weighted by Gasteiger charge is 2.28. The fourth-order valence-corrected chi connectivity index (χ4v) is 2.94. The van der Waals surface area contributed by atoms with Gasteiger partial charge in [-0.05, 0) is 38.8 Å². The van der Waals surface area contributed by atoms with E-state index < -0.39 is 0 Å². The number of aromatic nitrogens is 2. The maximum Gasteiger partial charge on any atom is 0.136 e. The van der Waals surface area contributed by atoms with Crippen LogP contribution in [0.2, 0.25) is 5.15 Å². The molecule has 0 unspecified atom stereocenters. The molecule has 0 N–H and O–H groups in total. The molecule has 2 aromatic rings. The SMILES string of the molecule is Cc1ccc(Sc2nc(C3CC3)nc(Cl)c2C)cc1. The minimum Gasteiger partial charge on any atom is -0.226 e. The van der Waals surface area contributed by atoms with Crippen molar-refractivity contribution in [2.24, 2.45) is 0 Å². The first-order chi connectivity index (χ1) is 9.13. The summed E-state index contributed by atoms with van der Waals surface area (Å²) in [6.07, 6.45) is 2.38. The summed E-state index contributed by atoms with van der Waals surface area (Å²) in [4.78, 5) is 10.3. The second kappa shape index (κ2) is 5.14. The minimum atomic E-state index is 0.524. The number of hydrogen-bond donors (Lipinski definition) is 0. The molecule has 2 nitrogen and oxygen atoms in total. The largest absolute Gasteiger partial charge is 0.226 e. The van der Waals surface area contributed by atoms with Crippen molar-refractivity contribution in [1.82, 2.24) is 9.97 Å². The smallest absolute Gasteiger partial charge is 0.136 e. The number of halogens is 1. The molecule has 3 rings (SSSR count). The summed E-state index contributed by atoms with van der Waals surface area (Å²) in [6, 6.07) is 8.46. The number of nitrogens with zero attached hydrogens (tertiary/aromatic N) is 2. The normalized spacial score (nSPS) is 14.7. The van der Waals surface area contributed by atoms with Gasteiger partial charge in [0.2, 0.25) is 0 Å². The van der Waals surface area contributed by atoms with Crippen LogP contribution in [-0.2, 0) is 0 Å². The molecular weight excluding hydrogens is 276 g/mol. The summed E-state index contributed by atoms with van der Waals surface area (Å²) >= 11 is 7.88. The maximum atomic E-state index is 6.22. The summed E-state index contributed by atoms with van der Waals surface area (Å²) in [5.41, 5.74) is 2.23. The van der Waals surface area contributed by atoms with Gasteiger partial charge in [-0.3, -0.25) is 0 Å². The predicted octanol–water partition coefficient (Wildman–Crippen LogP) is 4.78. The molecule has 1 saturated carbocycles. The highest BCUT2D eigenvalue weighted by atomic mass is 35.5. The number of rotatable bonds is 3. The maximum absolute atomic E-state index is 6.22. The van der Waals surface area contributed by atoms with Gasteiger partial charge in [-0.1, -0.05) is 41.1 Å². The third kappa shape index (κ3) is 2.93. The van der Waals surface area contributed by atoms with E-state index in [-0.39, 0.29) is 0 Å². The van der Waals surface area contributed by atoms with Crippen molar-refractivity contribution in [2.75, 3.05) is 0 Å². The van der Waals surface area contributed by atoms with Crippen LogP contribution in [-0.4, -0.2) is 9.97 Å². The summed E-state index contributed by atoms with van der Waals surface area (Å²) < 4.78 is 0. The van der Waals surface area contributed by atoms with Crippen LogP contribution in [0.25, 0.3) is 0 Å². The molecule has 1 aromatic heterocycles. The van der Waals surface area contributed by atoms with E-state index in [0.29, 0.717) is 11.1 Å². The van der Waals surface area contributed by atoms with E-state index in [4.69, 9.17) is 11.6 Å². The second-order valence-electron chi connectivity index (χ2n) is 4.99. The molecular formula is C15H15ClN2S. The number of hydrogen-bond acceptors (Lipinski definition) is 3. The Morgan fingerprint density at radius 1 is 1.11 bits per heavy atom. The fourth-order valence-electron chi connectivity index (χ4n) is 1.83. The Kier molecular flexibility index (Phi) is 3.50. The summed E-state index contributed by atoms with van der Waals surface area (Å²) in [6.45, 7) is 4.07. The van der Waals surface area contributed by atoms with Crippen molar-refractivity contribution >= 4 is 23.4 Å². The third-order valence-electron chi connectivity index (χ3n) is 3.24. The quantitative estimate of drug-likeness (QED) is 0.761. The second-order valence-corrected chi connectivity index (χ2v) is 6.41. The van der Waals surface area contributed by atoms with E-state index in [1.54, 1.807) is 11.8 Å². The van der Waals surface area contributed by atoms with Crippen LogP contribution in [0.4, 0.5) is 0 Å². The molecule has 1 heterocycles. The molecule has 0 saturated heterocycles. The van der Waals surface area contributed by atoms with Gasteiger partial charge in [0, 0.05) is 16.4 Å². The third-order valence-corrected chi connectivity index (χ3v) is 4.70. The Morgan fingerprint density at radius 3 is 2.42 bits per heavy atom. The molecule has 0 spiro atoms. The number of aryl methyl sites for hydroxylation is 1. The van der Waals surface area contributed by atoms with Gasteiger partial charge < -0.3 is 0 Å². The summed E-state index contributed by atoms with van der Waals surface area (Å²) in [5, 5.41) is 1.57. The van der Waals surface area contributed by atoms with Crippen molar-refractivity contribution in [3.05, 3.63) is 46.4 Å². The first-order valence-electron chi connectivity index (χ1n) is 6.42. The molecule has 0 atom stereocenters.